The average Bonchev–Trinajstić information content (AvgIpc) is 3.06. The third-order valence-electron chi connectivity index (χ3n) is 5.12. The molecule has 1 aromatic rings. The highest BCUT2D eigenvalue weighted by molar-refractivity contribution is 7.99. The van der Waals surface area contributed by atoms with E-state index < -0.39 is 0 Å². The maximum atomic E-state index is 12.2. The van der Waals surface area contributed by atoms with Crippen molar-refractivity contribution in [3.8, 4) is 0 Å². The van der Waals surface area contributed by atoms with Crippen LogP contribution >= 0.6 is 11.8 Å². The quantitative estimate of drug-likeness (QED) is 0.669. The van der Waals surface area contributed by atoms with E-state index in [4.69, 9.17) is 0 Å². The SMILES string of the molecule is Cc1cc(C)nc(SCC(=O)N[C@@H](C)[C@@H]2C[C@H]3CC[C@H]2C3)n1. The largest absolute Gasteiger partial charge is 0.353 e. The summed E-state index contributed by atoms with van der Waals surface area (Å²) in [5, 5.41) is 3.89. The van der Waals surface area contributed by atoms with E-state index in [2.05, 4.69) is 22.2 Å². The van der Waals surface area contributed by atoms with E-state index >= 15 is 0 Å². The first-order chi connectivity index (χ1) is 10.5. The monoisotopic (exact) mass is 319 g/mol. The molecular formula is C17H25N3OS. The summed E-state index contributed by atoms with van der Waals surface area (Å²) in [5.74, 6) is 2.95. The van der Waals surface area contributed by atoms with Crippen LogP contribution in [-0.2, 0) is 4.79 Å². The van der Waals surface area contributed by atoms with Crippen LogP contribution < -0.4 is 5.32 Å². The van der Waals surface area contributed by atoms with Gasteiger partial charge in [0.15, 0.2) is 5.16 Å². The van der Waals surface area contributed by atoms with E-state index in [0.717, 1.165) is 23.2 Å². The van der Waals surface area contributed by atoms with E-state index in [1.807, 2.05) is 19.9 Å². The highest BCUT2D eigenvalue weighted by atomic mass is 32.2. The number of nitrogens with one attached hydrogen (secondary N) is 1. The first-order valence-electron chi connectivity index (χ1n) is 8.25. The lowest BCUT2D eigenvalue weighted by Crippen LogP contribution is -2.40. The van der Waals surface area contributed by atoms with Crippen molar-refractivity contribution in [1.29, 1.82) is 0 Å². The van der Waals surface area contributed by atoms with Crippen LogP contribution in [0.15, 0.2) is 11.2 Å². The van der Waals surface area contributed by atoms with Gasteiger partial charge in [0.2, 0.25) is 5.91 Å². The molecule has 2 saturated carbocycles. The molecule has 0 radical (unpaired) electrons. The molecule has 2 fully saturated rings. The van der Waals surface area contributed by atoms with Gasteiger partial charge in [-0.05, 0) is 63.9 Å². The molecule has 0 spiro atoms. The number of hydrogen-bond acceptors (Lipinski definition) is 4. The zero-order valence-electron chi connectivity index (χ0n) is 13.6. The smallest absolute Gasteiger partial charge is 0.230 e. The van der Waals surface area contributed by atoms with Crippen LogP contribution in [0.5, 0.6) is 0 Å². The van der Waals surface area contributed by atoms with Crippen LogP contribution in [0.3, 0.4) is 0 Å². The van der Waals surface area contributed by atoms with Crippen molar-refractivity contribution in [3.63, 3.8) is 0 Å². The second kappa shape index (κ2) is 6.57. The van der Waals surface area contributed by atoms with Gasteiger partial charge < -0.3 is 5.32 Å². The Morgan fingerprint density at radius 3 is 2.64 bits per heavy atom. The fourth-order valence-corrected chi connectivity index (χ4v) is 4.96. The third-order valence-corrected chi connectivity index (χ3v) is 5.97. The first kappa shape index (κ1) is 15.8. The summed E-state index contributed by atoms with van der Waals surface area (Å²) in [7, 11) is 0. The fourth-order valence-electron chi connectivity index (χ4n) is 4.20. The predicted octanol–water partition coefficient (Wildman–Crippen LogP) is 3.13. The van der Waals surface area contributed by atoms with E-state index in [0.29, 0.717) is 22.9 Å². The number of carbonyl (C=O) groups excluding carboxylic acids is 1. The van der Waals surface area contributed by atoms with Gasteiger partial charge in [0, 0.05) is 17.4 Å². The highest BCUT2D eigenvalue weighted by Gasteiger charge is 2.42. The molecule has 0 saturated heterocycles. The molecule has 1 aromatic heterocycles. The van der Waals surface area contributed by atoms with Crippen LogP contribution in [-0.4, -0.2) is 27.7 Å². The third kappa shape index (κ3) is 3.62. The number of aromatic nitrogens is 2. The van der Waals surface area contributed by atoms with Crippen molar-refractivity contribution >= 4 is 17.7 Å². The lowest BCUT2D eigenvalue weighted by atomic mass is 9.84. The zero-order valence-corrected chi connectivity index (χ0v) is 14.4. The Labute approximate surface area is 136 Å². The van der Waals surface area contributed by atoms with Crippen LogP contribution in [0, 0.1) is 31.6 Å². The number of carbonyl (C=O) groups is 1. The van der Waals surface area contributed by atoms with Gasteiger partial charge in [-0.2, -0.15) is 0 Å². The van der Waals surface area contributed by atoms with E-state index in [1.54, 1.807) is 0 Å². The van der Waals surface area contributed by atoms with Gasteiger partial charge in [0.1, 0.15) is 0 Å². The number of nitrogens with zero attached hydrogens (tertiary/aromatic N) is 2. The van der Waals surface area contributed by atoms with Gasteiger partial charge >= 0.3 is 0 Å². The predicted molar refractivity (Wildman–Crippen MR) is 88.8 cm³/mol. The zero-order chi connectivity index (χ0) is 15.7. The van der Waals surface area contributed by atoms with Crippen LogP contribution in [0.25, 0.3) is 0 Å². The van der Waals surface area contributed by atoms with E-state index in [-0.39, 0.29) is 5.91 Å². The minimum Gasteiger partial charge on any atom is -0.353 e. The summed E-state index contributed by atoms with van der Waals surface area (Å²) >= 11 is 1.42. The van der Waals surface area contributed by atoms with Gasteiger partial charge in [0.05, 0.1) is 5.75 Å². The lowest BCUT2D eigenvalue weighted by Gasteiger charge is -2.28. The molecule has 120 valence electrons. The topological polar surface area (TPSA) is 54.9 Å². The number of amides is 1. The standard InChI is InChI=1S/C17H25N3OS/c1-10-6-11(2)19-17(18-10)22-9-16(21)20-12(3)15-8-13-4-5-14(15)7-13/h6,12-15H,4-5,7-9H2,1-3H3,(H,20,21)/t12-,13-,14-,15-/m0/s1. The molecule has 5 heteroatoms. The lowest BCUT2D eigenvalue weighted by molar-refractivity contribution is -0.119. The molecular weight excluding hydrogens is 294 g/mol. The van der Waals surface area contributed by atoms with Gasteiger partial charge in [-0.15, -0.1) is 0 Å². The maximum absolute atomic E-state index is 12.2. The summed E-state index contributed by atoms with van der Waals surface area (Å²) < 4.78 is 0. The number of thioether (sulfide) groups is 1. The molecule has 4 atom stereocenters. The van der Waals surface area contributed by atoms with Gasteiger partial charge in [-0.25, -0.2) is 9.97 Å². The van der Waals surface area contributed by atoms with Crippen LogP contribution in [0.4, 0.5) is 0 Å². The first-order valence-corrected chi connectivity index (χ1v) is 9.24. The second-order valence-corrected chi connectivity index (χ2v) is 7.86. The normalized spacial score (nSPS) is 27.9. The Morgan fingerprint density at radius 1 is 1.32 bits per heavy atom. The summed E-state index contributed by atoms with van der Waals surface area (Å²) in [6.45, 7) is 6.08. The molecule has 1 amide bonds. The van der Waals surface area contributed by atoms with Crippen molar-refractivity contribution in [2.24, 2.45) is 17.8 Å². The van der Waals surface area contributed by atoms with E-state index in [9.17, 15) is 4.79 Å². The van der Waals surface area contributed by atoms with Gasteiger partial charge in [-0.1, -0.05) is 18.2 Å². The van der Waals surface area contributed by atoms with Gasteiger partial charge in [0.25, 0.3) is 0 Å². The van der Waals surface area contributed by atoms with Crippen LogP contribution in [0.1, 0.15) is 44.0 Å². The average molecular weight is 319 g/mol. The minimum absolute atomic E-state index is 0.100. The molecule has 1 heterocycles. The van der Waals surface area contributed by atoms with Gasteiger partial charge in [-0.3, -0.25) is 4.79 Å². The number of hydrogen-bond donors (Lipinski definition) is 1. The van der Waals surface area contributed by atoms with Crippen molar-refractivity contribution in [3.05, 3.63) is 17.5 Å². The summed E-state index contributed by atoms with van der Waals surface area (Å²) in [6.07, 6.45) is 5.46. The Morgan fingerprint density at radius 2 is 2.05 bits per heavy atom. The van der Waals surface area contributed by atoms with Crippen molar-refractivity contribution in [2.75, 3.05) is 5.75 Å². The van der Waals surface area contributed by atoms with Crippen molar-refractivity contribution < 1.29 is 4.79 Å². The minimum atomic E-state index is 0.100. The molecule has 2 aliphatic carbocycles. The molecule has 4 nitrogen and oxygen atoms in total. The number of aryl methyl sites for hydroxylation is 2. The Bertz CT molecular complexity index is 543. The number of fused-ring (bicyclic) bond motifs is 2. The highest BCUT2D eigenvalue weighted by Crippen LogP contribution is 2.49. The maximum Gasteiger partial charge on any atom is 0.230 e. The molecule has 2 aliphatic rings. The second-order valence-electron chi connectivity index (χ2n) is 6.92. The molecule has 0 unspecified atom stereocenters. The van der Waals surface area contributed by atoms with E-state index in [1.165, 1.54) is 37.4 Å². The molecule has 2 bridgehead atoms. The summed E-state index contributed by atoms with van der Waals surface area (Å²) in [6, 6.07) is 2.24. The summed E-state index contributed by atoms with van der Waals surface area (Å²) in [4.78, 5) is 20.9. The van der Waals surface area contributed by atoms with Crippen molar-refractivity contribution in [2.45, 2.75) is 57.7 Å². The van der Waals surface area contributed by atoms with Crippen LogP contribution in [0.2, 0.25) is 0 Å². The Balaban J connectivity index is 1.48. The Kier molecular flexibility index (Phi) is 4.71. The van der Waals surface area contributed by atoms with Crippen molar-refractivity contribution in [1.82, 2.24) is 15.3 Å². The molecule has 3 rings (SSSR count). The number of rotatable bonds is 5. The fraction of sp³-hybridized carbons (Fsp3) is 0.706. The summed E-state index contributed by atoms with van der Waals surface area (Å²) in [5.41, 5.74) is 1.90. The molecule has 22 heavy (non-hydrogen) atoms. The molecule has 0 aromatic carbocycles. The Hall–Kier alpha value is -1.10. The molecule has 1 N–H and O–H groups in total. The molecule has 0 aliphatic heterocycles.